The molecule has 3 aliphatic rings. The van der Waals surface area contributed by atoms with Gasteiger partial charge in [0.15, 0.2) is 5.65 Å². The zero-order chi connectivity index (χ0) is 16.1. The zero-order valence-electron chi connectivity index (χ0n) is 14.0. The number of pyridine rings is 1. The number of amides is 1. The Balaban J connectivity index is 1.67. The highest BCUT2D eigenvalue weighted by molar-refractivity contribution is 6.06. The van der Waals surface area contributed by atoms with Gasteiger partial charge in [-0.25, -0.2) is 4.98 Å². The van der Waals surface area contributed by atoms with Gasteiger partial charge in [-0.1, -0.05) is 0 Å². The number of nitrogens with zero attached hydrogens (tertiary/aromatic N) is 4. The van der Waals surface area contributed by atoms with Gasteiger partial charge in [-0.3, -0.25) is 9.48 Å². The summed E-state index contributed by atoms with van der Waals surface area (Å²) in [6, 6.07) is 2.15. The third kappa shape index (κ3) is 2.41. The lowest BCUT2D eigenvalue weighted by Gasteiger charge is -2.44. The van der Waals surface area contributed by atoms with Crippen LogP contribution in [0.5, 0.6) is 0 Å². The smallest absolute Gasteiger partial charge is 0.252 e. The highest BCUT2D eigenvalue weighted by Crippen LogP contribution is 2.28. The molecule has 0 spiro atoms. The minimum atomic E-state index is 0.00958. The second-order valence-electron chi connectivity index (χ2n) is 6.94. The number of nitrogens with one attached hydrogen (secondary N) is 1. The van der Waals surface area contributed by atoms with E-state index in [0.717, 1.165) is 29.0 Å². The van der Waals surface area contributed by atoms with Crippen molar-refractivity contribution in [3.63, 3.8) is 0 Å². The van der Waals surface area contributed by atoms with Crippen molar-refractivity contribution in [2.24, 2.45) is 13.0 Å². The predicted octanol–water partition coefficient (Wildman–Crippen LogP) is 1.41. The Morgan fingerprint density at radius 2 is 2.04 bits per heavy atom. The molecule has 6 heteroatoms. The molecule has 3 aliphatic heterocycles. The van der Waals surface area contributed by atoms with E-state index in [-0.39, 0.29) is 11.9 Å². The van der Waals surface area contributed by atoms with Crippen LogP contribution in [0.1, 0.15) is 34.6 Å². The molecule has 2 aromatic rings. The van der Waals surface area contributed by atoms with Crippen molar-refractivity contribution in [3.8, 4) is 0 Å². The van der Waals surface area contributed by atoms with E-state index in [1.807, 2.05) is 27.0 Å². The minimum absolute atomic E-state index is 0.00958. The van der Waals surface area contributed by atoms with Crippen LogP contribution in [0.2, 0.25) is 0 Å². The van der Waals surface area contributed by atoms with Crippen molar-refractivity contribution < 1.29 is 4.79 Å². The van der Waals surface area contributed by atoms with Crippen LogP contribution in [0.3, 0.4) is 0 Å². The number of aromatic nitrogens is 3. The van der Waals surface area contributed by atoms with Crippen LogP contribution in [0.4, 0.5) is 0 Å². The topological polar surface area (TPSA) is 63.1 Å². The molecule has 0 aliphatic carbocycles. The molecule has 5 rings (SSSR count). The van der Waals surface area contributed by atoms with Gasteiger partial charge < -0.3 is 10.2 Å². The summed E-state index contributed by atoms with van der Waals surface area (Å²) < 4.78 is 1.75. The molecule has 5 heterocycles. The fourth-order valence-electron chi connectivity index (χ4n) is 4.12. The van der Waals surface area contributed by atoms with E-state index in [9.17, 15) is 4.79 Å². The first kappa shape index (κ1) is 14.6. The van der Waals surface area contributed by atoms with Crippen LogP contribution >= 0.6 is 0 Å². The van der Waals surface area contributed by atoms with Crippen molar-refractivity contribution >= 4 is 16.9 Å². The summed E-state index contributed by atoms with van der Waals surface area (Å²) in [5, 5.41) is 8.57. The highest BCUT2D eigenvalue weighted by Gasteiger charge is 2.35. The number of hydrogen-bond acceptors (Lipinski definition) is 4. The number of carbonyl (C=O) groups is 1. The molecular formula is C17H23N5O. The normalized spacial score (nSPS) is 26.7. The standard InChI is InChI=1S/C17H23N5O/c1-10-8-13(15-11(2)20-21(3)16(15)18-10)17(23)19-14-9-22-6-4-12(14)5-7-22/h8,12,14H,4-7,9H2,1-3H3,(H,19,23). The minimum Gasteiger partial charge on any atom is -0.348 e. The molecule has 1 unspecified atom stereocenters. The summed E-state index contributed by atoms with van der Waals surface area (Å²) in [5.41, 5.74) is 3.18. The Labute approximate surface area is 135 Å². The lowest BCUT2D eigenvalue weighted by molar-refractivity contribution is 0.0621. The Kier molecular flexibility index (Phi) is 3.37. The Morgan fingerprint density at radius 3 is 2.70 bits per heavy atom. The second kappa shape index (κ2) is 5.30. The lowest BCUT2D eigenvalue weighted by atomic mass is 9.84. The molecule has 0 saturated carbocycles. The predicted molar refractivity (Wildman–Crippen MR) is 88.4 cm³/mol. The first-order chi connectivity index (χ1) is 11.0. The van der Waals surface area contributed by atoms with E-state index in [1.165, 1.54) is 25.9 Å². The summed E-state index contributed by atoms with van der Waals surface area (Å²) in [6.07, 6.45) is 2.39. The number of hydrogen-bond donors (Lipinski definition) is 1. The molecule has 0 radical (unpaired) electrons. The van der Waals surface area contributed by atoms with Crippen molar-refractivity contribution in [2.45, 2.75) is 32.7 Å². The van der Waals surface area contributed by atoms with Gasteiger partial charge in [0.25, 0.3) is 5.91 Å². The fourth-order valence-corrected chi connectivity index (χ4v) is 4.12. The molecule has 1 N–H and O–H groups in total. The summed E-state index contributed by atoms with van der Waals surface area (Å²) in [4.78, 5) is 19.9. The van der Waals surface area contributed by atoms with Crippen molar-refractivity contribution in [1.82, 2.24) is 25.0 Å². The van der Waals surface area contributed by atoms with Gasteiger partial charge in [0.1, 0.15) is 0 Å². The second-order valence-corrected chi connectivity index (χ2v) is 6.94. The number of piperidine rings is 3. The average Bonchev–Trinajstić information content (AvgIpc) is 2.82. The van der Waals surface area contributed by atoms with Gasteiger partial charge in [0, 0.05) is 25.3 Å². The van der Waals surface area contributed by atoms with Crippen molar-refractivity contribution in [2.75, 3.05) is 19.6 Å². The molecular weight excluding hydrogens is 290 g/mol. The lowest BCUT2D eigenvalue weighted by Crippen LogP contribution is -2.57. The van der Waals surface area contributed by atoms with Crippen LogP contribution in [0.15, 0.2) is 6.07 Å². The van der Waals surface area contributed by atoms with E-state index < -0.39 is 0 Å². The molecule has 1 atom stereocenters. The summed E-state index contributed by atoms with van der Waals surface area (Å²) in [7, 11) is 1.87. The first-order valence-corrected chi connectivity index (χ1v) is 8.37. The molecule has 6 nitrogen and oxygen atoms in total. The van der Waals surface area contributed by atoms with Gasteiger partial charge in [-0.2, -0.15) is 5.10 Å². The SMILES string of the molecule is Cc1cc(C(=O)NC2CN3CCC2CC3)c2c(C)nn(C)c2n1. The van der Waals surface area contributed by atoms with E-state index in [1.54, 1.807) is 4.68 Å². The van der Waals surface area contributed by atoms with E-state index >= 15 is 0 Å². The average molecular weight is 313 g/mol. The van der Waals surface area contributed by atoms with E-state index in [2.05, 4.69) is 20.3 Å². The maximum Gasteiger partial charge on any atom is 0.252 e. The van der Waals surface area contributed by atoms with Crippen LogP contribution in [0.25, 0.3) is 11.0 Å². The largest absolute Gasteiger partial charge is 0.348 e. The highest BCUT2D eigenvalue weighted by atomic mass is 16.1. The summed E-state index contributed by atoms with van der Waals surface area (Å²) in [5.74, 6) is 0.632. The van der Waals surface area contributed by atoms with Crippen molar-refractivity contribution in [3.05, 3.63) is 23.0 Å². The van der Waals surface area contributed by atoms with Crippen LogP contribution < -0.4 is 5.32 Å². The third-order valence-electron chi connectivity index (χ3n) is 5.31. The molecule has 3 fully saturated rings. The number of fused-ring (bicyclic) bond motifs is 4. The molecule has 2 aromatic heterocycles. The molecule has 2 bridgehead atoms. The first-order valence-electron chi connectivity index (χ1n) is 8.37. The zero-order valence-corrected chi connectivity index (χ0v) is 14.0. The van der Waals surface area contributed by atoms with Gasteiger partial charge >= 0.3 is 0 Å². The van der Waals surface area contributed by atoms with Crippen molar-refractivity contribution in [1.29, 1.82) is 0 Å². The Hall–Kier alpha value is -1.95. The van der Waals surface area contributed by atoms with Crippen LogP contribution in [-0.4, -0.2) is 51.2 Å². The van der Waals surface area contributed by atoms with Gasteiger partial charge in [-0.05, 0) is 51.8 Å². The van der Waals surface area contributed by atoms with Gasteiger partial charge in [0.2, 0.25) is 0 Å². The quantitative estimate of drug-likeness (QED) is 0.910. The third-order valence-corrected chi connectivity index (χ3v) is 5.31. The molecule has 23 heavy (non-hydrogen) atoms. The number of carbonyl (C=O) groups excluding carboxylic acids is 1. The Morgan fingerprint density at radius 1 is 1.30 bits per heavy atom. The number of aryl methyl sites for hydroxylation is 3. The van der Waals surface area contributed by atoms with E-state index in [4.69, 9.17) is 0 Å². The maximum absolute atomic E-state index is 12.9. The molecule has 122 valence electrons. The summed E-state index contributed by atoms with van der Waals surface area (Å²) >= 11 is 0. The van der Waals surface area contributed by atoms with Gasteiger partial charge in [-0.15, -0.1) is 0 Å². The van der Waals surface area contributed by atoms with Crippen LogP contribution in [0, 0.1) is 19.8 Å². The molecule has 3 saturated heterocycles. The maximum atomic E-state index is 12.9. The molecule has 1 amide bonds. The van der Waals surface area contributed by atoms with E-state index in [0.29, 0.717) is 11.5 Å². The summed E-state index contributed by atoms with van der Waals surface area (Å²) in [6.45, 7) is 7.20. The monoisotopic (exact) mass is 313 g/mol. The molecule has 0 aromatic carbocycles. The van der Waals surface area contributed by atoms with Crippen LogP contribution in [-0.2, 0) is 7.05 Å². The Bertz CT molecular complexity index is 773. The number of rotatable bonds is 2. The fraction of sp³-hybridized carbons (Fsp3) is 0.588. The van der Waals surface area contributed by atoms with Gasteiger partial charge in [0.05, 0.1) is 16.6 Å².